The zero-order chi connectivity index (χ0) is 82.1. The molecular formula is C111H81BBrN6O4-. The average molecular weight is 1650 g/mol. The molecule has 123 heavy (non-hydrogen) atoms. The van der Waals surface area contributed by atoms with E-state index in [-0.39, 0.29) is 7.43 Å². The molecule has 5 heterocycles. The van der Waals surface area contributed by atoms with Gasteiger partial charge >= 0.3 is 7.12 Å². The fraction of sp³-hybridized carbons (Fsp3) is 0.0721. The Morgan fingerprint density at radius 2 is 0.528 bits per heavy atom. The molecule has 0 N–H and O–H groups in total. The van der Waals surface area contributed by atoms with Crippen molar-refractivity contribution in [3.8, 4) is 102 Å². The maximum Gasteiger partial charge on any atom is 0.498 e. The molecule has 1 saturated heterocycles. The summed E-state index contributed by atoms with van der Waals surface area (Å²) >= 11 is 3.47. The SMILES string of the molecule is Brc1ccc(-c2nc(-c3ccccc3)nc(-c3ccccc3)n2)cc1.CC1(C)OB(c2cccc3c2oc2cc4c(cc23)-c2ccccc2C4(c2ccccc2)c2ccccc2)OC1(C)C.[CH3-].c1ccc(-c2nc(-c3ccccc3)nc(-c3ccc(-c4cccc5c4oc4cc6c(cc45)-c4ccccc4C6(c4ccccc4)c4ccccc4)cc3)n2)cc1. The lowest BCUT2D eigenvalue weighted by molar-refractivity contribution is 0.00578. The molecule has 20 aromatic rings. The Morgan fingerprint density at radius 3 is 0.894 bits per heavy atom. The summed E-state index contributed by atoms with van der Waals surface area (Å²) in [6, 6.07) is 140. The lowest BCUT2D eigenvalue weighted by atomic mass is 9.67. The van der Waals surface area contributed by atoms with Crippen LogP contribution in [-0.2, 0) is 20.1 Å². The second-order valence-corrected chi connectivity index (χ2v) is 33.1. The number of furan rings is 2. The van der Waals surface area contributed by atoms with E-state index in [0.717, 1.165) is 98.3 Å². The van der Waals surface area contributed by atoms with Crippen LogP contribution in [0.25, 0.3) is 146 Å². The molecule has 590 valence electrons. The summed E-state index contributed by atoms with van der Waals surface area (Å²) in [5.74, 6) is 3.92. The van der Waals surface area contributed by atoms with Crippen molar-refractivity contribution in [2.24, 2.45) is 0 Å². The van der Waals surface area contributed by atoms with Gasteiger partial charge in [-0.05, 0) is 136 Å². The van der Waals surface area contributed by atoms with E-state index in [1.807, 2.05) is 146 Å². The van der Waals surface area contributed by atoms with Gasteiger partial charge in [-0.2, -0.15) is 0 Å². The molecule has 0 unspecified atom stereocenters. The number of fused-ring (bicyclic) bond motifs is 12. The van der Waals surface area contributed by atoms with Crippen LogP contribution in [0.2, 0.25) is 0 Å². The van der Waals surface area contributed by atoms with Crippen molar-refractivity contribution in [3.63, 3.8) is 0 Å². The van der Waals surface area contributed by atoms with Crippen LogP contribution >= 0.6 is 15.9 Å². The molecule has 12 heteroatoms. The number of hydrogen-bond acceptors (Lipinski definition) is 10. The van der Waals surface area contributed by atoms with Crippen LogP contribution in [0.3, 0.4) is 0 Å². The van der Waals surface area contributed by atoms with Gasteiger partial charge in [0.2, 0.25) is 0 Å². The topological polar surface area (TPSA) is 122 Å². The van der Waals surface area contributed by atoms with Gasteiger partial charge in [-0.25, -0.2) is 29.9 Å². The molecule has 0 atom stereocenters. The van der Waals surface area contributed by atoms with E-state index in [4.69, 9.17) is 43.1 Å². The number of rotatable bonds is 12. The van der Waals surface area contributed by atoms with Crippen LogP contribution in [0.1, 0.15) is 72.2 Å². The number of aromatic nitrogens is 6. The highest BCUT2D eigenvalue weighted by Crippen LogP contribution is 2.60. The summed E-state index contributed by atoms with van der Waals surface area (Å²) in [7, 11) is -0.496. The first-order valence-electron chi connectivity index (χ1n) is 41.2. The molecule has 0 saturated carbocycles. The molecule has 16 aromatic carbocycles. The van der Waals surface area contributed by atoms with Gasteiger partial charge in [-0.3, -0.25) is 0 Å². The Morgan fingerprint density at radius 1 is 0.244 bits per heavy atom. The Balaban J connectivity index is 0.000000126. The predicted octanol–water partition coefficient (Wildman–Crippen LogP) is 27.1. The fourth-order valence-electron chi connectivity index (χ4n) is 18.1. The zero-order valence-electron chi connectivity index (χ0n) is 68.4. The molecule has 3 aliphatic rings. The van der Waals surface area contributed by atoms with Crippen LogP contribution in [0.4, 0.5) is 0 Å². The lowest BCUT2D eigenvalue weighted by Gasteiger charge is -2.33. The van der Waals surface area contributed by atoms with E-state index < -0.39 is 29.2 Å². The number of para-hydroxylation sites is 2. The van der Waals surface area contributed by atoms with E-state index in [2.05, 4.69) is 303 Å². The van der Waals surface area contributed by atoms with Gasteiger partial charge < -0.3 is 25.6 Å². The zero-order valence-corrected chi connectivity index (χ0v) is 70.0. The maximum atomic E-state index is 6.94. The van der Waals surface area contributed by atoms with Crippen molar-refractivity contribution in [1.82, 2.24) is 29.9 Å². The highest BCUT2D eigenvalue weighted by molar-refractivity contribution is 9.10. The maximum absolute atomic E-state index is 6.94. The molecule has 1 fully saturated rings. The Hall–Kier alpha value is -14.4. The molecule has 0 bridgehead atoms. The normalized spacial score (nSPS) is 14.0. The first-order valence-corrected chi connectivity index (χ1v) is 42.0. The number of halogens is 1. The summed E-state index contributed by atoms with van der Waals surface area (Å²) in [5, 5.41) is 4.38. The average Bonchev–Trinajstić information content (AvgIpc) is 1.53. The van der Waals surface area contributed by atoms with Gasteiger partial charge in [-0.1, -0.05) is 380 Å². The first-order chi connectivity index (χ1) is 59.9. The number of benzene rings is 16. The van der Waals surface area contributed by atoms with Crippen LogP contribution in [0.5, 0.6) is 0 Å². The molecule has 4 aromatic heterocycles. The van der Waals surface area contributed by atoms with Crippen molar-refractivity contribution in [2.75, 3.05) is 0 Å². The van der Waals surface area contributed by atoms with Crippen LogP contribution in [0.15, 0.2) is 414 Å². The van der Waals surface area contributed by atoms with Gasteiger partial charge in [0.15, 0.2) is 34.9 Å². The Labute approximate surface area is 723 Å². The van der Waals surface area contributed by atoms with Gasteiger partial charge in [0.1, 0.15) is 22.3 Å². The molecule has 0 amide bonds. The Kier molecular flexibility index (Phi) is 19.9. The van der Waals surface area contributed by atoms with E-state index in [0.29, 0.717) is 34.9 Å². The van der Waals surface area contributed by atoms with Gasteiger partial charge in [0.25, 0.3) is 0 Å². The van der Waals surface area contributed by atoms with E-state index >= 15 is 0 Å². The summed E-state index contributed by atoms with van der Waals surface area (Å²) in [6.45, 7) is 8.34. The van der Waals surface area contributed by atoms with Gasteiger partial charge in [-0.15, -0.1) is 0 Å². The number of hydrogen-bond donors (Lipinski definition) is 0. The Bertz CT molecular complexity index is 7100. The van der Waals surface area contributed by atoms with E-state index in [9.17, 15) is 0 Å². The molecule has 2 aliphatic carbocycles. The monoisotopic (exact) mass is 1650 g/mol. The first kappa shape index (κ1) is 77.2. The third-order valence-electron chi connectivity index (χ3n) is 24.6. The minimum atomic E-state index is -0.496. The van der Waals surface area contributed by atoms with E-state index in [1.165, 1.54) is 66.8 Å². The van der Waals surface area contributed by atoms with Crippen LogP contribution in [0, 0.1) is 7.43 Å². The van der Waals surface area contributed by atoms with Crippen molar-refractivity contribution in [3.05, 3.63) is 457 Å². The lowest BCUT2D eigenvalue weighted by Crippen LogP contribution is -2.41. The predicted molar refractivity (Wildman–Crippen MR) is 503 cm³/mol. The number of nitrogens with zero attached hydrogens (tertiary/aromatic N) is 6. The molecule has 10 nitrogen and oxygen atoms in total. The summed E-state index contributed by atoms with van der Waals surface area (Å²) in [5.41, 5.74) is 25.3. The van der Waals surface area contributed by atoms with Crippen LogP contribution < -0.4 is 5.46 Å². The standard InChI is InChI=1S/C52H33N3O.C37H31BO3.C21H14BrN3.CH3/c1-5-16-35(17-6-1)49-53-50(36-18-7-2-8-19-36)55-51(54-49)37-30-28-34(29-31-37)40-25-15-26-42-44-32-43-41-24-13-14-27-45(41)52(38-20-9-3-10-21-38,39-22-11-4-12-23-39)46(43)33-47(44)56-48(40)42;1-35(2)36(3,4)41-38(40-35)32-21-13-19-27-29-22-28-26-18-11-12-20-30(26)37(24-14-7-5-8-15-24,25-16-9-6-10-17-25)31(28)23-33(29)39-34(27)32;22-18-13-11-17(12-14-18)21-24-19(15-7-3-1-4-8-15)23-20(25-21)16-9-5-2-6-10-16;/h1-33H;5-23H,1-4H3;1-14H;1H3/q;;;-1. The third kappa shape index (κ3) is 13.5. The van der Waals surface area contributed by atoms with Crippen molar-refractivity contribution in [2.45, 2.75) is 49.7 Å². The highest BCUT2D eigenvalue weighted by Gasteiger charge is 2.53. The summed E-state index contributed by atoms with van der Waals surface area (Å²) in [6.07, 6.45) is 0. The van der Waals surface area contributed by atoms with E-state index in [1.54, 1.807) is 0 Å². The molecular weight excluding hydrogens is 1570 g/mol. The van der Waals surface area contributed by atoms with Crippen molar-refractivity contribution >= 4 is 72.4 Å². The van der Waals surface area contributed by atoms with Crippen molar-refractivity contribution in [1.29, 1.82) is 0 Å². The smallest absolute Gasteiger partial charge is 0.456 e. The second-order valence-electron chi connectivity index (χ2n) is 32.2. The quantitative estimate of drug-likeness (QED) is 0.0863. The summed E-state index contributed by atoms with van der Waals surface area (Å²) in [4.78, 5) is 28.8. The minimum Gasteiger partial charge on any atom is -0.456 e. The molecule has 0 spiro atoms. The fourth-order valence-corrected chi connectivity index (χ4v) is 18.4. The molecule has 1 aliphatic heterocycles. The second kappa shape index (κ2) is 31.6. The van der Waals surface area contributed by atoms with Crippen LogP contribution in [-0.4, -0.2) is 48.2 Å². The highest BCUT2D eigenvalue weighted by atomic mass is 79.9. The minimum absolute atomic E-state index is 0. The van der Waals surface area contributed by atoms with Gasteiger partial charge in [0.05, 0.1) is 22.0 Å². The third-order valence-corrected chi connectivity index (χ3v) is 25.2. The summed E-state index contributed by atoms with van der Waals surface area (Å²) < 4.78 is 27.6. The largest absolute Gasteiger partial charge is 0.498 e. The van der Waals surface area contributed by atoms with Crippen molar-refractivity contribution < 1.29 is 18.1 Å². The molecule has 23 rings (SSSR count). The molecule has 0 radical (unpaired) electrons. The van der Waals surface area contributed by atoms with Gasteiger partial charge in [0, 0.05) is 70.4 Å².